The fourth-order valence-electron chi connectivity index (χ4n) is 2.80. The summed E-state index contributed by atoms with van der Waals surface area (Å²) in [5.41, 5.74) is 2.98. The number of amides is 1. The molecule has 0 aliphatic carbocycles. The van der Waals surface area contributed by atoms with Crippen LogP contribution in [0.4, 0.5) is 11.4 Å². The van der Waals surface area contributed by atoms with Gasteiger partial charge in [-0.2, -0.15) is 0 Å². The van der Waals surface area contributed by atoms with Gasteiger partial charge in [0.05, 0.1) is 16.2 Å². The summed E-state index contributed by atoms with van der Waals surface area (Å²) in [5.74, 6) is -1.07. The topological polar surface area (TPSA) is 73.2 Å². The number of nitrogens with zero attached hydrogens (tertiary/aromatic N) is 3. The Bertz CT molecular complexity index is 1020. The van der Waals surface area contributed by atoms with Crippen molar-refractivity contribution in [2.45, 2.75) is 6.92 Å². The van der Waals surface area contributed by atoms with Gasteiger partial charge in [-0.15, -0.1) is 0 Å². The molecule has 0 bridgehead atoms. The molecule has 2 aromatic rings. The molecule has 7 heteroatoms. The molecule has 0 saturated carbocycles. The number of benzene rings is 2. The van der Waals surface area contributed by atoms with E-state index in [1.165, 1.54) is 23.9 Å². The van der Waals surface area contributed by atoms with Crippen LogP contribution in [-0.2, 0) is 4.79 Å². The number of carboxylic acids is 1. The number of carbonyl (C=O) groups excluding carboxylic acids is 1. The van der Waals surface area contributed by atoms with Gasteiger partial charge in [-0.3, -0.25) is 9.69 Å². The van der Waals surface area contributed by atoms with E-state index >= 15 is 0 Å². The molecule has 1 aliphatic heterocycles. The van der Waals surface area contributed by atoms with Crippen LogP contribution >= 0.6 is 11.8 Å². The van der Waals surface area contributed by atoms with Crippen molar-refractivity contribution in [3.05, 3.63) is 76.7 Å². The third kappa shape index (κ3) is 4.99. The fourth-order valence-corrected chi connectivity index (χ4v) is 3.82. The third-order valence-electron chi connectivity index (χ3n) is 4.49. The SMILES string of the molecule is CCN1C(=O)C(=CC=Cc2ccc(N(C)C)cc2)SC1=Nc1ccc(C(=O)O)cc1. The predicted octanol–water partition coefficient (Wildman–Crippen LogP) is 4.63. The van der Waals surface area contributed by atoms with Crippen LogP contribution in [0.3, 0.4) is 0 Å². The molecule has 2 aromatic carbocycles. The highest BCUT2D eigenvalue weighted by Crippen LogP contribution is 2.32. The summed E-state index contributed by atoms with van der Waals surface area (Å²) >= 11 is 1.31. The van der Waals surface area contributed by atoms with E-state index in [1.807, 2.05) is 62.3 Å². The molecule has 3 rings (SSSR count). The average Bonchev–Trinajstić information content (AvgIpc) is 3.03. The summed E-state index contributed by atoms with van der Waals surface area (Å²) in [6.45, 7) is 2.40. The maximum atomic E-state index is 12.7. The second-order valence-corrected chi connectivity index (χ2v) is 7.78. The van der Waals surface area contributed by atoms with E-state index in [-0.39, 0.29) is 11.5 Å². The van der Waals surface area contributed by atoms with Crippen LogP contribution in [0.15, 0.2) is 70.6 Å². The molecule has 1 N–H and O–H groups in total. The molecular weight excluding hydrogens is 398 g/mol. The van der Waals surface area contributed by atoms with Crippen molar-refractivity contribution in [3.63, 3.8) is 0 Å². The van der Waals surface area contributed by atoms with Gasteiger partial charge in [0.15, 0.2) is 5.17 Å². The van der Waals surface area contributed by atoms with Gasteiger partial charge in [-0.25, -0.2) is 9.79 Å². The van der Waals surface area contributed by atoms with Gasteiger partial charge in [0.25, 0.3) is 5.91 Å². The largest absolute Gasteiger partial charge is 0.478 e. The quantitative estimate of drug-likeness (QED) is 0.689. The number of hydrogen-bond acceptors (Lipinski definition) is 5. The first-order chi connectivity index (χ1) is 14.4. The number of amidine groups is 1. The van der Waals surface area contributed by atoms with Gasteiger partial charge < -0.3 is 10.0 Å². The summed E-state index contributed by atoms with van der Waals surface area (Å²) in [5, 5.41) is 9.59. The Hall–Kier alpha value is -3.32. The van der Waals surface area contributed by atoms with E-state index in [0.717, 1.165) is 11.3 Å². The maximum absolute atomic E-state index is 12.7. The molecular formula is C23H23N3O3S. The number of likely N-dealkylation sites (N-methyl/N-ethyl adjacent to an activating group) is 1. The lowest BCUT2D eigenvalue weighted by Crippen LogP contribution is -2.28. The summed E-state index contributed by atoms with van der Waals surface area (Å²) < 4.78 is 0. The van der Waals surface area contributed by atoms with Crippen molar-refractivity contribution >= 4 is 46.3 Å². The van der Waals surface area contributed by atoms with Crippen molar-refractivity contribution in [3.8, 4) is 0 Å². The number of aromatic carboxylic acids is 1. The van der Waals surface area contributed by atoms with Gasteiger partial charge in [0, 0.05) is 26.3 Å². The van der Waals surface area contributed by atoms with Gasteiger partial charge in [0.2, 0.25) is 0 Å². The standard InChI is InChI=1S/C23H23N3O3S/c1-4-26-21(27)20(7-5-6-16-8-14-19(15-9-16)25(2)3)30-23(26)24-18-12-10-17(11-13-18)22(28)29/h5-15H,4H2,1-3H3,(H,28,29). The number of anilines is 1. The Labute approximate surface area is 180 Å². The van der Waals surface area contributed by atoms with Gasteiger partial charge in [0.1, 0.15) is 0 Å². The van der Waals surface area contributed by atoms with Crippen LogP contribution in [-0.4, -0.2) is 47.7 Å². The highest BCUT2D eigenvalue weighted by Gasteiger charge is 2.31. The van der Waals surface area contributed by atoms with Gasteiger partial charge in [-0.1, -0.05) is 24.3 Å². The highest BCUT2D eigenvalue weighted by atomic mass is 32.2. The smallest absolute Gasteiger partial charge is 0.335 e. The monoisotopic (exact) mass is 421 g/mol. The van der Waals surface area contributed by atoms with Gasteiger partial charge in [-0.05, 0) is 66.7 Å². The molecule has 0 aromatic heterocycles. The number of carboxylic acid groups (broad SMARTS) is 1. The molecule has 1 fully saturated rings. The van der Waals surface area contributed by atoms with Crippen LogP contribution < -0.4 is 4.90 Å². The molecule has 1 amide bonds. The Kier molecular flexibility index (Phi) is 6.74. The Morgan fingerprint density at radius 1 is 1.13 bits per heavy atom. The van der Waals surface area contributed by atoms with E-state index in [0.29, 0.717) is 22.3 Å². The second kappa shape index (κ2) is 9.45. The molecule has 0 unspecified atom stereocenters. The van der Waals surface area contributed by atoms with Crippen LogP contribution in [0.25, 0.3) is 6.08 Å². The first kappa shape index (κ1) is 21.4. The molecule has 1 aliphatic rings. The highest BCUT2D eigenvalue weighted by molar-refractivity contribution is 8.18. The molecule has 0 spiro atoms. The molecule has 6 nitrogen and oxygen atoms in total. The minimum absolute atomic E-state index is 0.0870. The summed E-state index contributed by atoms with van der Waals surface area (Å²) in [7, 11) is 3.99. The average molecular weight is 422 g/mol. The van der Waals surface area contributed by atoms with E-state index in [9.17, 15) is 9.59 Å². The predicted molar refractivity (Wildman–Crippen MR) is 123 cm³/mol. The third-order valence-corrected chi connectivity index (χ3v) is 5.51. The number of hydrogen-bond donors (Lipinski definition) is 1. The molecule has 30 heavy (non-hydrogen) atoms. The van der Waals surface area contributed by atoms with Crippen LogP contribution in [0.1, 0.15) is 22.8 Å². The Balaban J connectivity index is 1.76. The summed E-state index contributed by atoms with van der Waals surface area (Å²) in [4.78, 5) is 32.4. The van der Waals surface area contributed by atoms with E-state index in [2.05, 4.69) is 4.99 Å². The van der Waals surface area contributed by atoms with Crippen molar-refractivity contribution in [2.24, 2.45) is 4.99 Å². The van der Waals surface area contributed by atoms with Crippen molar-refractivity contribution < 1.29 is 14.7 Å². The Morgan fingerprint density at radius 2 is 1.80 bits per heavy atom. The second-order valence-electron chi connectivity index (χ2n) is 6.77. The minimum Gasteiger partial charge on any atom is -0.478 e. The molecule has 154 valence electrons. The summed E-state index contributed by atoms with van der Waals surface area (Å²) in [6.07, 6.45) is 5.62. The molecule has 0 radical (unpaired) electrons. The lowest BCUT2D eigenvalue weighted by Gasteiger charge is -2.12. The summed E-state index contributed by atoms with van der Waals surface area (Å²) in [6, 6.07) is 14.4. The molecule has 1 saturated heterocycles. The van der Waals surface area contributed by atoms with E-state index in [4.69, 9.17) is 5.11 Å². The van der Waals surface area contributed by atoms with Crippen molar-refractivity contribution in [1.29, 1.82) is 0 Å². The Morgan fingerprint density at radius 3 is 2.37 bits per heavy atom. The number of carbonyl (C=O) groups is 2. The lowest BCUT2D eigenvalue weighted by atomic mass is 10.2. The van der Waals surface area contributed by atoms with Crippen LogP contribution in [0.2, 0.25) is 0 Å². The zero-order valence-corrected chi connectivity index (χ0v) is 17.9. The minimum atomic E-state index is -0.983. The zero-order valence-electron chi connectivity index (χ0n) is 17.1. The normalized spacial score (nSPS) is 16.8. The van der Waals surface area contributed by atoms with E-state index < -0.39 is 5.97 Å². The first-order valence-corrected chi connectivity index (χ1v) is 10.3. The zero-order chi connectivity index (χ0) is 21.7. The van der Waals surface area contributed by atoms with Crippen molar-refractivity contribution in [2.75, 3.05) is 25.5 Å². The fraction of sp³-hybridized carbons (Fsp3) is 0.174. The lowest BCUT2D eigenvalue weighted by molar-refractivity contribution is -0.122. The van der Waals surface area contributed by atoms with Gasteiger partial charge >= 0.3 is 5.97 Å². The number of rotatable bonds is 6. The molecule has 0 atom stereocenters. The van der Waals surface area contributed by atoms with Crippen molar-refractivity contribution in [1.82, 2.24) is 4.90 Å². The maximum Gasteiger partial charge on any atom is 0.335 e. The van der Waals surface area contributed by atoms with Crippen LogP contribution in [0.5, 0.6) is 0 Å². The number of thioether (sulfide) groups is 1. The van der Waals surface area contributed by atoms with E-state index in [1.54, 1.807) is 23.1 Å². The van der Waals surface area contributed by atoms with Crippen LogP contribution in [0, 0.1) is 0 Å². The molecule has 1 heterocycles. The number of aliphatic imine (C=N–C) groups is 1. The number of allylic oxidation sites excluding steroid dienone is 2. The first-order valence-electron chi connectivity index (χ1n) is 9.46.